The Kier molecular flexibility index (Phi) is 2.63. The molecule has 0 saturated carbocycles. The highest BCUT2D eigenvalue weighted by Crippen LogP contribution is 2.36. The molecule has 1 amide bonds. The van der Waals surface area contributed by atoms with E-state index in [1.54, 1.807) is 12.1 Å². The molecule has 18 heavy (non-hydrogen) atoms. The van der Waals surface area contributed by atoms with Crippen LogP contribution in [0.25, 0.3) is 0 Å². The topological polar surface area (TPSA) is 90.4 Å². The second kappa shape index (κ2) is 4.17. The Morgan fingerprint density at radius 1 is 1.39 bits per heavy atom. The summed E-state index contributed by atoms with van der Waals surface area (Å²) in [6.07, 6.45) is 4.00. The second-order valence-corrected chi connectivity index (χ2v) is 5.03. The lowest BCUT2D eigenvalue weighted by atomic mass is 9.95. The zero-order valence-corrected chi connectivity index (χ0v) is 10.1. The van der Waals surface area contributed by atoms with E-state index in [0.717, 1.165) is 24.9 Å². The third-order valence-corrected chi connectivity index (χ3v) is 3.78. The molecule has 96 valence electrons. The van der Waals surface area contributed by atoms with Gasteiger partial charge in [0, 0.05) is 11.4 Å². The van der Waals surface area contributed by atoms with Gasteiger partial charge in [0.15, 0.2) is 0 Å². The number of nitrogen functional groups attached to an aromatic ring is 1. The van der Waals surface area contributed by atoms with E-state index in [1.807, 2.05) is 6.07 Å². The molecule has 0 aliphatic carbocycles. The summed E-state index contributed by atoms with van der Waals surface area (Å²) in [6.45, 7) is 0. The minimum atomic E-state index is -0.500. The Labute approximate surface area is 105 Å². The number of hydrogen-bond donors (Lipinski definition) is 3. The van der Waals surface area contributed by atoms with Crippen LogP contribution in [-0.2, 0) is 4.74 Å². The quantitative estimate of drug-likeness (QED) is 0.698. The van der Waals surface area contributed by atoms with Gasteiger partial charge in [0.05, 0.1) is 23.8 Å². The van der Waals surface area contributed by atoms with Gasteiger partial charge in [-0.1, -0.05) is 0 Å². The van der Waals surface area contributed by atoms with Crippen molar-refractivity contribution >= 4 is 17.3 Å². The number of amides is 1. The zero-order chi connectivity index (χ0) is 12.7. The average Bonchev–Trinajstić information content (AvgIpc) is 2.93. The van der Waals surface area contributed by atoms with Crippen molar-refractivity contribution in [2.24, 2.45) is 5.73 Å². The van der Waals surface area contributed by atoms with Crippen molar-refractivity contribution in [3.05, 3.63) is 23.8 Å². The molecule has 5 nitrogen and oxygen atoms in total. The van der Waals surface area contributed by atoms with Crippen LogP contribution in [0, 0.1) is 0 Å². The van der Waals surface area contributed by atoms with E-state index < -0.39 is 5.91 Å². The number of fused-ring (bicyclic) bond motifs is 2. The summed E-state index contributed by atoms with van der Waals surface area (Å²) in [7, 11) is 0. The maximum atomic E-state index is 11.2. The summed E-state index contributed by atoms with van der Waals surface area (Å²) < 4.78 is 5.78. The van der Waals surface area contributed by atoms with Gasteiger partial charge in [0.2, 0.25) is 0 Å². The molecule has 5 N–H and O–H groups in total. The zero-order valence-electron chi connectivity index (χ0n) is 10.1. The predicted octanol–water partition coefficient (Wildman–Crippen LogP) is 1.10. The van der Waals surface area contributed by atoms with Crippen LogP contribution in [0.15, 0.2) is 18.2 Å². The molecule has 0 aromatic heterocycles. The summed E-state index contributed by atoms with van der Waals surface area (Å²) in [6, 6.07) is 5.61. The minimum absolute atomic E-state index is 0.296. The Bertz CT molecular complexity index is 489. The molecule has 2 aliphatic heterocycles. The van der Waals surface area contributed by atoms with E-state index in [4.69, 9.17) is 16.2 Å². The van der Waals surface area contributed by atoms with Gasteiger partial charge in [-0.05, 0) is 37.5 Å². The summed E-state index contributed by atoms with van der Waals surface area (Å²) in [5.74, 6) is -0.500. The monoisotopic (exact) mass is 247 g/mol. The van der Waals surface area contributed by atoms with Crippen molar-refractivity contribution < 1.29 is 9.53 Å². The summed E-state index contributed by atoms with van der Waals surface area (Å²) in [5, 5.41) is 3.41. The number of carbonyl (C=O) groups excluding carboxylic acids is 1. The number of ether oxygens (including phenoxy) is 1. The molecule has 3 rings (SSSR count). The van der Waals surface area contributed by atoms with Gasteiger partial charge in [-0.15, -0.1) is 0 Å². The first-order valence-corrected chi connectivity index (χ1v) is 6.25. The number of primary amides is 1. The highest BCUT2D eigenvalue weighted by molar-refractivity contribution is 5.98. The average molecular weight is 247 g/mol. The van der Waals surface area contributed by atoms with Gasteiger partial charge in [-0.3, -0.25) is 4.79 Å². The van der Waals surface area contributed by atoms with Crippen molar-refractivity contribution in [3.63, 3.8) is 0 Å². The molecule has 2 bridgehead atoms. The molecule has 2 saturated heterocycles. The fourth-order valence-electron chi connectivity index (χ4n) is 2.86. The van der Waals surface area contributed by atoms with E-state index in [2.05, 4.69) is 5.32 Å². The van der Waals surface area contributed by atoms with E-state index in [0.29, 0.717) is 29.5 Å². The van der Waals surface area contributed by atoms with Crippen LogP contribution in [-0.4, -0.2) is 24.2 Å². The number of nitrogens with two attached hydrogens (primary N) is 2. The first kappa shape index (κ1) is 11.3. The minimum Gasteiger partial charge on any atom is -0.398 e. The van der Waals surface area contributed by atoms with Crippen LogP contribution in [0.4, 0.5) is 11.4 Å². The Hall–Kier alpha value is -1.75. The van der Waals surface area contributed by atoms with Gasteiger partial charge < -0.3 is 21.5 Å². The number of benzene rings is 1. The van der Waals surface area contributed by atoms with E-state index >= 15 is 0 Å². The van der Waals surface area contributed by atoms with Crippen molar-refractivity contribution in [1.82, 2.24) is 0 Å². The van der Waals surface area contributed by atoms with Crippen molar-refractivity contribution in [2.75, 3.05) is 11.1 Å². The van der Waals surface area contributed by atoms with Gasteiger partial charge in [-0.2, -0.15) is 0 Å². The SMILES string of the molecule is NC(=O)c1cc(NC2CC3CCC2O3)ccc1N. The Balaban J connectivity index is 1.77. The Morgan fingerprint density at radius 3 is 2.83 bits per heavy atom. The fraction of sp³-hybridized carbons (Fsp3) is 0.462. The molecule has 3 atom stereocenters. The lowest BCUT2D eigenvalue weighted by molar-refractivity contribution is 0.100. The van der Waals surface area contributed by atoms with Crippen LogP contribution in [0.3, 0.4) is 0 Å². The third-order valence-electron chi connectivity index (χ3n) is 3.78. The lowest BCUT2D eigenvalue weighted by Crippen LogP contribution is -2.30. The third kappa shape index (κ3) is 1.90. The highest BCUT2D eigenvalue weighted by Gasteiger charge is 2.40. The van der Waals surface area contributed by atoms with Crippen LogP contribution in [0.2, 0.25) is 0 Å². The molecule has 0 spiro atoms. The molecule has 2 fully saturated rings. The summed E-state index contributed by atoms with van der Waals surface area (Å²) >= 11 is 0. The molecule has 5 heteroatoms. The first-order chi connectivity index (χ1) is 8.63. The fourth-order valence-corrected chi connectivity index (χ4v) is 2.86. The van der Waals surface area contributed by atoms with Crippen molar-refractivity contribution in [2.45, 2.75) is 37.5 Å². The molecular weight excluding hydrogens is 230 g/mol. The molecule has 2 aliphatic rings. The molecule has 3 unspecified atom stereocenters. The summed E-state index contributed by atoms with van der Waals surface area (Å²) in [5.41, 5.74) is 12.6. The highest BCUT2D eigenvalue weighted by atomic mass is 16.5. The first-order valence-electron chi connectivity index (χ1n) is 6.25. The van der Waals surface area contributed by atoms with Crippen LogP contribution >= 0.6 is 0 Å². The molecule has 1 aromatic carbocycles. The van der Waals surface area contributed by atoms with Gasteiger partial charge in [-0.25, -0.2) is 0 Å². The molecule has 1 aromatic rings. The van der Waals surface area contributed by atoms with Gasteiger partial charge in [0.25, 0.3) is 5.91 Å². The Morgan fingerprint density at radius 2 is 2.22 bits per heavy atom. The maximum Gasteiger partial charge on any atom is 0.250 e. The number of carbonyl (C=O) groups is 1. The number of anilines is 2. The van der Waals surface area contributed by atoms with Crippen LogP contribution in [0.5, 0.6) is 0 Å². The lowest BCUT2D eigenvalue weighted by Gasteiger charge is -2.21. The molecular formula is C13H17N3O2. The van der Waals surface area contributed by atoms with Gasteiger partial charge in [0.1, 0.15) is 0 Å². The smallest absolute Gasteiger partial charge is 0.250 e. The molecule has 0 radical (unpaired) electrons. The second-order valence-electron chi connectivity index (χ2n) is 5.03. The van der Waals surface area contributed by atoms with Gasteiger partial charge >= 0.3 is 0 Å². The van der Waals surface area contributed by atoms with Crippen LogP contribution in [0.1, 0.15) is 29.6 Å². The maximum absolute atomic E-state index is 11.2. The standard InChI is InChI=1S/C13H17N3O2/c14-10-3-1-7(5-9(10)13(15)17)16-11-6-8-2-4-12(11)18-8/h1,3,5,8,11-12,16H,2,4,6,14H2,(H2,15,17). The van der Waals surface area contributed by atoms with E-state index in [9.17, 15) is 4.79 Å². The largest absolute Gasteiger partial charge is 0.398 e. The van der Waals surface area contributed by atoms with Crippen molar-refractivity contribution in [3.8, 4) is 0 Å². The van der Waals surface area contributed by atoms with E-state index in [1.165, 1.54) is 0 Å². The normalized spacial score (nSPS) is 29.4. The van der Waals surface area contributed by atoms with E-state index in [-0.39, 0.29) is 0 Å². The van der Waals surface area contributed by atoms with Crippen LogP contribution < -0.4 is 16.8 Å². The number of rotatable bonds is 3. The predicted molar refractivity (Wildman–Crippen MR) is 69.3 cm³/mol. The molecule has 2 heterocycles. The number of hydrogen-bond acceptors (Lipinski definition) is 4. The van der Waals surface area contributed by atoms with Crippen molar-refractivity contribution in [1.29, 1.82) is 0 Å². The summed E-state index contributed by atoms with van der Waals surface area (Å²) in [4.78, 5) is 11.2. The number of nitrogens with one attached hydrogen (secondary N) is 1.